The molecule has 2 N–H and O–H groups in total. The molecule has 0 aliphatic rings. The lowest BCUT2D eigenvalue weighted by Crippen LogP contribution is -2.45. The predicted octanol–water partition coefficient (Wildman–Crippen LogP) is 2.94. The molecule has 1 atom stereocenters. The summed E-state index contributed by atoms with van der Waals surface area (Å²) in [5, 5.41) is 5.16. The van der Waals surface area contributed by atoms with Gasteiger partial charge in [-0.1, -0.05) is 11.6 Å². The molecule has 2 amide bonds. The van der Waals surface area contributed by atoms with Gasteiger partial charge in [-0.2, -0.15) is 0 Å². The molecule has 0 saturated heterocycles. The molecule has 0 aromatic heterocycles. The highest BCUT2D eigenvalue weighted by atomic mass is 35.5. The predicted molar refractivity (Wildman–Crippen MR) is 99.9 cm³/mol. The molecule has 0 spiro atoms. The summed E-state index contributed by atoms with van der Waals surface area (Å²) in [5.41, 5.74) is -0.417. The zero-order chi connectivity index (χ0) is 20.8. The van der Waals surface area contributed by atoms with Gasteiger partial charge in [0.25, 0.3) is 0 Å². The molecule has 1 aromatic carbocycles. The van der Waals surface area contributed by atoms with Gasteiger partial charge in [-0.15, -0.1) is 0 Å². The summed E-state index contributed by atoms with van der Waals surface area (Å²) in [6.45, 7) is 6.28. The minimum Gasteiger partial charge on any atom is -0.467 e. The largest absolute Gasteiger partial charge is 0.467 e. The Kier molecular flexibility index (Phi) is 7.78. The molecule has 0 radical (unpaired) electrons. The zero-order valence-electron chi connectivity index (χ0n) is 15.8. The molecular weight excluding hydrogens is 376 g/mol. The number of halogens is 1. The first kappa shape index (κ1) is 22.4. The highest BCUT2D eigenvalue weighted by molar-refractivity contribution is 6.31. The fraction of sp³-hybridized carbons (Fsp3) is 0.444. The Bertz CT molecular complexity index is 742. The standard InChI is InChI=1S/C18H23ClN2O6/c1-10(22)20-13-8-11(19)6-7-12(13)15(23)9-14(16(24)26-5)21-17(25)27-18(2,3)4/h6-8,14H,9H2,1-5H3,(H,20,22)(H,21,25). The van der Waals surface area contributed by atoms with E-state index in [0.717, 1.165) is 7.11 Å². The number of Topliss-reactive ketones (excluding diaryl/α,β-unsaturated/α-hetero) is 1. The number of amides is 2. The first-order valence-corrected chi connectivity index (χ1v) is 8.48. The number of rotatable bonds is 6. The monoisotopic (exact) mass is 398 g/mol. The second kappa shape index (κ2) is 9.36. The Morgan fingerprint density at radius 2 is 1.81 bits per heavy atom. The SMILES string of the molecule is COC(=O)C(CC(=O)c1ccc(Cl)cc1NC(C)=O)NC(=O)OC(C)(C)C. The molecule has 1 unspecified atom stereocenters. The van der Waals surface area contributed by atoms with Crippen LogP contribution in [0.4, 0.5) is 10.5 Å². The van der Waals surface area contributed by atoms with Crippen molar-refractivity contribution in [3.05, 3.63) is 28.8 Å². The van der Waals surface area contributed by atoms with Crippen LogP contribution in [0.2, 0.25) is 5.02 Å². The molecule has 1 aromatic rings. The Balaban J connectivity index is 3.02. The zero-order valence-corrected chi connectivity index (χ0v) is 16.6. The smallest absolute Gasteiger partial charge is 0.408 e. The molecule has 0 fully saturated rings. The van der Waals surface area contributed by atoms with E-state index in [-0.39, 0.29) is 23.6 Å². The second-order valence-electron chi connectivity index (χ2n) is 6.72. The molecule has 0 heterocycles. The lowest BCUT2D eigenvalue weighted by atomic mass is 10.0. The molecular formula is C18H23ClN2O6. The van der Waals surface area contributed by atoms with Gasteiger partial charge in [-0.25, -0.2) is 9.59 Å². The van der Waals surface area contributed by atoms with Gasteiger partial charge in [0.2, 0.25) is 5.91 Å². The number of hydrogen-bond acceptors (Lipinski definition) is 6. The highest BCUT2D eigenvalue weighted by Gasteiger charge is 2.28. The Labute approximate surface area is 162 Å². The Hall–Kier alpha value is -2.61. The van der Waals surface area contributed by atoms with Crippen molar-refractivity contribution in [2.45, 2.75) is 45.8 Å². The number of methoxy groups -OCH3 is 1. The van der Waals surface area contributed by atoms with Gasteiger partial charge in [0, 0.05) is 23.9 Å². The van der Waals surface area contributed by atoms with Crippen molar-refractivity contribution in [1.82, 2.24) is 5.32 Å². The van der Waals surface area contributed by atoms with Gasteiger partial charge >= 0.3 is 12.1 Å². The van der Waals surface area contributed by atoms with Crippen LogP contribution in [0.15, 0.2) is 18.2 Å². The van der Waals surface area contributed by atoms with Crippen molar-refractivity contribution in [2.75, 3.05) is 12.4 Å². The number of carbonyl (C=O) groups excluding carboxylic acids is 4. The van der Waals surface area contributed by atoms with Gasteiger partial charge in [0.15, 0.2) is 5.78 Å². The Morgan fingerprint density at radius 3 is 2.33 bits per heavy atom. The summed E-state index contributed by atoms with van der Waals surface area (Å²) >= 11 is 5.90. The van der Waals surface area contributed by atoms with E-state index in [4.69, 9.17) is 16.3 Å². The molecule has 0 aliphatic carbocycles. The number of nitrogens with one attached hydrogen (secondary N) is 2. The number of esters is 1. The van der Waals surface area contributed by atoms with Crippen molar-refractivity contribution >= 4 is 41.0 Å². The number of carbonyl (C=O) groups is 4. The molecule has 0 bridgehead atoms. The lowest BCUT2D eigenvalue weighted by molar-refractivity contribution is -0.143. The average molecular weight is 399 g/mol. The van der Waals surface area contributed by atoms with E-state index in [1.165, 1.54) is 25.1 Å². The molecule has 9 heteroatoms. The third-order valence-electron chi connectivity index (χ3n) is 3.16. The first-order valence-electron chi connectivity index (χ1n) is 8.10. The van der Waals surface area contributed by atoms with Gasteiger partial charge in [-0.05, 0) is 39.0 Å². The van der Waals surface area contributed by atoms with Crippen LogP contribution >= 0.6 is 11.6 Å². The molecule has 1 rings (SSSR count). The summed E-state index contributed by atoms with van der Waals surface area (Å²) < 4.78 is 9.74. The summed E-state index contributed by atoms with van der Waals surface area (Å²) in [7, 11) is 1.14. The van der Waals surface area contributed by atoms with Gasteiger partial charge in [-0.3, -0.25) is 9.59 Å². The molecule has 0 saturated carbocycles. The summed E-state index contributed by atoms with van der Waals surface area (Å²) in [6, 6.07) is 3.08. The maximum absolute atomic E-state index is 12.7. The van der Waals surface area contributed by atoms with Crippen molar-refractivity contribution in [3.63, 3.8) is 0 Å². The van der Waals surface area contributed by atoms with E-state index < -0.39 is 29.5 Å². The number of ketones is 1. The number of benzene rings is 1. The van der Waals surface area contributed by atoms with Crippen LogP contribution in [0.5, 0.6) is 0 Å². The topological polar surface area (TPSA) is 111 Å². The number of hydrogen-bond donors (Lipinski definition) is 2. The molecule has 0 aliphatic heterocycles. The summed E-state index contributed by atoms with van der Waals surface area (Å²) in [4.78, 5) is 47.9. The highest BCUT2D eigenvalue weighted by Crippen LogP contribution is 2.23. The minimum atomic E-state index is -1.25. The Morgan fingerprint density at radius 1 is 1.19 bits per heavy atom. The minimum absolute atomic E-state index is 0.148. The quantitative estimate of drug-likeness (QED) is 0.563. The lowest BCUT2D eigenvalue weighted by Gasteiger charge is -2.22. The van der Waals surface area contributed by atoms with Crippen molar-refractivity contribution < 1.29 is 28.7 Å². The van der Waals surface area contributed by atoms with Crippen LogP contribution in [-0.4, -0.2) is 42.5 Å². The van der Waals surface area contributed by atoms with Gasteiger partial charge in [0.1, 0.15) is 11.6 Å². The molecule has 8 nitrogen and oxygen atoms in total. The van der Waals surface area contributed by atoms with E-state index in [1.807, 2.05) is 0 Å². The normalized spacial score (nSPS) is 11.9. The van der Waals surface area contributed by atoms with E-state index in [1.54, 1.807) is 20.8 Å². The number of alkyl carbamates (subject to hydrolysis) is 1. The third kappa shape index (κ3) is 7.65. The summed E-state index contributed by atoms with van der Waals surface area (Å²) in [5.74, 6) is -1.69. The maximum Gasteiger partial charge on any atom is 0.408 e. The van der Waals surface area contributed by atoms with Crippen LogP contribution < -0.4 is 10.6 Å². The summed E-state index contributed by atoms with van der Waals surface area (Å²) in [6.07, 6.45) is -1.25. The third-order valence-corrected chi connectivity index (χ3v) is 3.39. The van der Waals surface area contributed by atoms with Crippen LogP contribution in [0.25, 0.3) is 0 Å². The van der Waals surface area contributed by atoms with Gasteiger partial charge in [0.05, 0.1) is 12.8 Å². The van der Waals surface area contributed by atoms with Crippen LogP contribution in [-0.2, 0) is 19.1 Å². The molecule has 148 valence electrons. The van der Waals surface area contributed by atoms with E-state index in [0.29, 0.717) is 5.02 Å². The van der Waals surface area contributed by atoms with Gasteiger partial charge < -0.3 is 20.1 Å². The van der Waals surface area contributed by atoms with Crippen LogP contribution in [0, 0.1) is 0 Å². The fourth-order valence-electron chi connectivity index (χ4n) is 2.13. The maximum atomic E-state index is 12.7. The van der Waals surface area contributed by atoms with Crippen molar-refractivity contribution in [1.29, 1.82) is 0 Å². The molecule has 27 heavy (non-hydrogen) atoms. The number of ether oxygens (including phenoxy) is 2. The van der Waals surface area contributed by atoms with E-state index in [2.05, 4.69) is 15.4 Å². The first-order chi connectivity index (χ1) is 12.4. The number of anilines is 1. The van der Waals surface area contributed by atoms with Crippen molar-refractivity contribution in [2.24, 2.45) is 0 Å². The van der Waals surface area contributed by atoms with Crippen molar-refractivity contribution in [3.8, 4) is 0 Å². The van der Waals surface area contributed by atoms with Crippen LogP contribution in [0.3, 0.4) is 0 Å². The second-order valence-corrected chi connectivity index (χ2v) is 7.16. The van der Waals surface area contributed by atoms with Crippen LogP contribution in [0.1, 0.15) is 44.5 Å². The fourth-order valence-corrected chi connectivity index (χ4v) is 2.31. The average Bonchev–Trinajstić information content (AvgIpc) is 2.51. The van der Waals surface area contributed by atoms with E-state index >= 15 is 0 Å². The van der Waals surface area contributed by atoms with E-state index in [9.17, 15) is 19.2 Å².